The molecule has 1 unspecified atom stereocenters. The molecule has 0 bridgehead atoms. The van der Waals surface area contributed by atoms with Gasteiger partial charge in [0.1, 0.15) is 11.9 Å². The van der Waals surface area contributed by atoms with Crippen molar-refractivity contribution in [1.82, 2.24) is 10.2 Å². The predicted molar refractivity (Wildman–Crippen MR) is 87.1 cm³/mol. The van der Waals surface area contributed by atoms with Gasteiger partial charge in [-0.3, -0.25) is 4.79 Å². The third-order valence-electron chi connectivity index (χ3n) is 4.82. The largest absolute Gasteiger partial charge is 0.490 e. The maximum absolute atomic E-state index is 11.4. The monoisotopic (exact) mass is 302 g/mol. The number of aryl methyl sites for hydroxylation is 1. The molecule has 2 saturated heterocycles. The van der Waals surface area contributed by atoms with Crippen molar-refractivity contribution < 1.29 is 9.53 Å². The SMILES string of the molecule is Cc1ccc(OC2CCN(C3CCNC(=O)CC3)CC2)cc1. The fourth-order valence-corrected chi connectivity index (χ4v) is 3.44. The number of likely N-dealkylation sites (tertiary alicyclic amines) is 1. The Balaban J connectivity index is 1.47. The van der Waals surface area contributed by atoms with Crippen molar-refractivity contribution in [3.8, 4) is 5.75 Å². The van der Waals surface area contributed by atoms with Crippen molar-refractivity contribution in [3.63, 3.8) is 0 Å². The van der Waals surface area contributed by atoms with Gasteiger partial charge in [-0.15, -0.1) is 0 Å². The molecule has 4 heteroatoms. The van der Waals surface area contributed by atoms with Gasteiger partial charge in [0.15, 0.2) is 0 Å². The second-order valence-corrected chi connectivity index (χ2v) is 6.50. The highest BCUT2D eigenvalue weighted by Gasteiger charge is 2.27. The summed E-state index contributed by atoms with van der Waals surface area (Å²) in [7, 11) is 0. The fourth-order valence-electron chi connectivity index (χ4n) is 3.44. The fraction of sp³-hybridized carbons (Fsp3) is 0.611. The van der Waals surface area contributed by atoms with E-state index in [9.17, 15) is 4.79 Å². The summed E-state index contributed by atoms with van der Waals surface area (Å²) < 4.78 is 6.09. The summed E-state index contributed by atoms with van der Waals surface area (Å²) in [6.45, 7) is 5.07. The molecule has 1 amide bonds. The summed E-state index contributed by atoms with van der Waals surface area (Å²) >= 11 is 0. The Morgan fingerprint density at radius 1 is 1.09 bits per heavy atom. The number of nitrogens with one attached hydrogen (secondary N) is 1. The number of rotatable bonds is 3. The van der Waals surface area contributed by atoms with Crippen molar-refractivity contribution in [1.29, 1.82) is 0 Å². The van der Waals surface area contributed by atoms with Gasteiger partial charge in [-0.25, -0.2) is 0 Å². The Labute approximate surface area is 132 Å². The lowest BCUT2D eigenvalue weighted by molar-refractivity contribution is -0.120. The number of piperidine rings is 1. The van der Waals surface area contributed by atoms with E-state index in [4.69, 9.17) is 4.74 Å². The van der Waals surface area contributed by atoms with Crippen molar-refractivity contribution in [2.75, 3.05) is 19.6 Å². The van der Waals surface area contributed by atoms with Crippen LogP contribution in [0.1, 0.15) is 37.7 Å². The Hall–Kier alpha value is -1.55. The molecule has 0 saturated carbocycles. The first-order chi connectivity index (χ1) is 10.7. The van der Waals surface area contributed by atoms with Crippen molar-refractivity contribution >= 4 is 5.91 Å². The molecule has 1 aromatic carbocycles. The van der Waals surface area contributed by atoms with E-state index >= 15 is 0 Å². The zero-order valence-corrected chi connectivity index (χ0v) is 13.4. The number of nitrogens with zero attached hydrogens (tertiary/aromatic N) is 1. The van der Waals surface area contributed by atoms with E-state index < -0.39 is 0 Å². The standard InChI is InChI=1S/C18H26N2O2/c1-14-2-5-16(6-3-14)22-17-9-12-20(13-10-17)15-4-7-18(21)19-11-8-15/h2-3,5-6,15,17H,4,7-13H2,1H3,(H,19,21). The topological polar surface area (TPSA) is 41.6 Å². The van der Waals surface area contributed by atoms with Crippen LogP contribution in [0.15, 0.2) is 24.3 Å². The minimum Gasteiger partial charge on any atom is -0.490 e. The molecule has 0 spiro atoms. The lowest BCUT2D eigenvalue weighted by Gasteiger charge is -2.37. The number of hydrogen-bond donors (Lipinski definition) is 1. The molecule has 22 heavy (non-hydrogen) atoms. The average molecular weight is 302 g/mol. The van der Waals surface area contributed by atoms with E-state index in [-0.39, 0.29) is 5.91 Å². The van der Waals surface area contributed by atoms with Crippen LogP contribution in [0, 0.1) is 6.92 Å². The molecule has 4 nitrogen and oxygen atoms in total. The summed E-state index contributed by atoms with van der Waals surface area (Å²) in [6, 6.07) is 8.87. The van der Waals surface area contributed by atoms with Gasteiger partial charge in [0.05, 0.1) is 0 Å². The molecule has 2 heterocycles. The molecule has 1 aromatic rings. The van der Waals surface area contributed by atoms with Gasteiger partial charge in [-0.1, -0.05) is 17.7 Å². The molecule has 1 atom stereocenters. The maximum atomic E-state index is 11.4. The molecule has 2 aliphatic rings. The van der Waals surface area contributed by atoms with E-state index in [0.717, 1.165) is 51.1 Å². The number of hydrogen-bond acceptors (Lipinski definition) is 3. The first-order valence-electron chi connectivity index (χ1n) is 8.45. The summed E-state index contributed by atoms with van der Waals surface area (Å²) in [6.07, 6.45) is 5.22. The molecule has 120 valence electrons. The highest BCUT2D eigenvalue weighted by Crippen LogP contribution is 2.23. The van der Waals surface area contributed by atoms with E-state index in [1.807, 2.05) is 0 Å². The minimum atomic E-state index is 0.208. The van der Waals surface area contributed by atoms with E-state index in [1.54, 1.807) is 0 Å². The van der Waals surface area contributed by atoms with Gasteiger partial charge in [0, 0.05) is 32.1 Å². The van der Waals surface area contributed by atoms with Crippen molar-refractivity contribution in [3.05, 3.63) is 29.8 Å². The second kappa shape index (κ2) is 7.14. The molecule has 3 rings (SSSR count). The van der Waals surface area contributed by atoms with Gasteiger partial charge < -0.3 is 15.0 Å². The predicted octanol–water partition coefficient (Wildman–Crippen LogP) is 2.51. The van der Waals surface area contributed by atoms with E-state index in [2.05, 4.69) is 41.4 Å². The van der Waals surface area contributed by atoms with Crippen LogP contribution in [-0.4, -0.2) is 42.6 Å². The van der Waals surface area contributed by atoms with Crippen LogP contribution in [0.3, 0.4) is 0 Å². The molecular formula is C18H26N2O2. The van der Waals surface area contributed by atoms with Crippen LogP contribution < -0.4 is 10.1 Å². The Bertz CT molecular complexity index is 492. The maximum Gasteiger partial charge on any atom is 0.220 e. The Morgan fingerprint density at radius 2 is 1.82 bits per heavy atom. The first-order valence-corrected chi connectivity index (χ1v) is 8.45. The third kappa shape index (κ3) is 4.01. The Kier molecular flexibility index (Phi) is 4.98. The zero-order chi connectivity index (χ0) is 15.4. The summed E-state index contributed by atoms with van der Waals surface area (Å²) in [5.41, 5.74) is 1.26. The number of benzene rings is 1. The average Bonchev–Trinajstić information content (AvgIpc) is 2.75. The summed E-state index contributed by atoms with van der Waals surface area (Å²) in [5, 5.41) is 2.97. The van der Waals surface area contributed by atoms with Crippen LogP contribution in [0.2, 0.25) is 0 Å². The van der Waals surface area contributed by atoms with Crippen LogP contribution in [0.4, 0.5) is 0 Å². The normalized spacial score (nSPS) is 24.6. The minimum absolute atomic E-state index is 0.208. The van der Waals surface area contributed by atoms with Gasteiger partial charge >= 0.3 is 0 Å². The zero-order valence-electron chi connectivity index (χ0n) is 13.4. The second-order valence-electron chi connectivity index (χ2n) is 6.50. The van der Waals surface area contributed by atoms with E-state index in [0.29, 0.717) is 18.6 Å². The molecule has 2 fully saturated rings. The van der Waals surface area contributed by atoms with Gasteiger partial charge in [-0.05, 0) is 44.7 Å². The number of amides is 1. The first kappa shape index (κ1) is 15.3. The van der Waals surface area contributed by atoms with Gasteiger partial charge in [-0.2, -0.15) is 0 Å². The quantitative estimate of drug-likeness (QED) is 0.933. The van der Waals surface area contributed by atoms with Crippen molar-refractivity contribution in [2.24, 2.45) is 0 Å². The number of carbonyl (C=O) groups excluding carboxylic acids is 1. The molecule has 0 aromatic heterocycles. The van der Waals surface area contributed by atoms with Crippen LogP contribution in [0.5, 0.6) is 5.75 Å². The molecular weight excluding hydrogens is 276 g/mol. The van der Waals surface area contributed by atoms with Crippen LogP contribution >= 0.6 is 0 Å². The lowest BCUT2D eigenvalue weighted by atomic mass is 10.0. The highest BCUT2D eigenvalue weighted by molar-refractivity contribution is 5.76. The van der Waals surface area contributed by atoms with Crippen molar-refractivity contribution in [2.45, 2.75) is 51.2 Å². The van der Waals surface area contributed by atoms with Crippen LogP contribution in [-0.2, 0) is 4.79 Å². The molecule has 0 radical (unpaired) electrons. The number of carbonyl (C=O) groups is 1. The third-order valence-corrected chi connectivity index (χ3v) is 4.82. The van der Waals surface area contributed by atoms with Crippen LogP contribution in [0.25, 0.3) is 0 Å². The number of ether oxygens (including phenoxy) is 1. The summed E-state index contributed by atoms with van der Waals surface area (Å²) in [5.74, 6) is 1.19. The highest BCUT2D eigenvalue weighted by atomic mass is 16.5. The summed E-state index contributed by atoms with van der Waals surface area (Å²) in [4.78, 5) is 14.0. The molecule has 2 aliphatic heterocycles. The lowest BCUT2D eigenvalue weighted by Crippen LogP contribution is -2.44. The van der Waals surface area contributed by atoms with Gasteiger partial charge in [0.25, 0.3) is 0 Å². The van der Waals surface area contributed by atoms with E-state index in [1.165, 1.54) is 5.56 Å². The van der Waals surface area contributed by atoms with Gasteiger partial charge in [0.2, 0.25) is 5.91 Å². The molecule has 0 aliphatic carbocycles. The Morgan fingerprint density at radius 3 is 2.55 bits per heavy atom. The molecule has 1 N–H and O–H groups in total. The smallest absolute Gasteiger partial charge is 0.220 e.